The van der Waals surface area contributed by atoms with Crippen LogP contribution in [0.5, 0.6) is 0 Å². The van der Waals surface area contributed by atoms with Crippen molar-refractivity contribution >= 4 is 11.9 Å². The number of carboxylic acids is 1. The number of nitrogens with zero attached hydrogens (tertiary/aromatic N) is 1. The molecule has 2 rings (SSSR count). The van der Waals surface area contributed by atoms with E-state index < -0.39 is 11.9 Å². The fourth-order valence-corrected chi connectivity index (χ4v) is 1.89. The highest BCUT2D eigenvalue weighted by Gasteiger charge is 2.33. The predicted octanol–water partition coefficient (Wildman–Crippen LogP) is 1.12. The van der Waals surface area contributed by atoms with E-state index in [2.05, 4.69) is 0 Å². The fraction of sp³-hybridized carbons (Fsp3) is 0.333. The van der Waals surface area contributed by atoms with Crippen LogP contribution in [0.3, 0.4) is 0 Å². The average molecular weight is 219 g/mol. The molecular formula is C12H13NO3. The van der Waals surface area contributed by atoms with Gasteiger partial charge in [-0.2, -0.15) is 0 Å². The van der Waals surface area contributed by atoms with Gasteiger partial charge >= 0.3 is 5.97 Å². The Bertz CT molecular complexity index is 402. The van der Waals surface area contributed by atoms with Crippen LogP contribution in [0.2, 0.25) is 0 Å². The predicted molar refractivity (Wildman–Crippen MR) is 57.6 cm³/mol. The normalized spacial score (nSPS) is 20.1. The van der Waals surface area contributed by atoms with E-state index >= 15 is 0 Å². The number of hydrogen-bond donors (Lipinski definition) is 1. The van der Waals surface area contributed by atoms with Crippen molar-refractivity contribution in [3.8, 4) is 0 Å². The molecule has 0 radical (unpaired) electrons. The number of likely N-dealkylation sites (tertiary alicyclic amines) is 1. The fourth-order valence-electron chi connectivity index (χ4n) is 1.89. The van der Waals surface area contributed by atoms with Gasteiger partial charge in [-0.15, -0.1) is 0 Å². The Labute approximate surface area is 93.5 Å². The lowest BCUT2D eigenvalue weighted by atomic mass is 10.1. The molecule has 0 aromatic heterocycles. The van der Waals surface area contributed by atoms with Crippen LogP contribution >= 0.6 is 0 Å². The first-order valence-electron chi connectivity index (χ1n) is 5.21. The third-order valence-corrected chi connectivity index (χ3v) is 2.78. The molecule has 4 heteroatoms. The van der Waals surface area contributed by atoms with Gasteiger partial charge in [0.15, 0.2) is 0 Å². The number of carboxylic acid groups (broad SMARTS) is 1. The molecule has 1 N–H and O–H groups in total. The number of carbonyl (C=O) groups is 2. The minimum atomic E-state index is -0.885. The first-order valence-corrected chi connectivity index (χ1v) is 5.21. The molecule has 1 aromatic rings. The largest absolute Gasteiger partial charge is 0.481 e. The van der Waals surface area contributed by atoms with Crippen LogP contribution < -0.4 is 0 Å². The number of rotatable bonds is 3. The SMILES string of the molecule is O=C(O)[C@H]1CC(=O)N(Cc2ccccc2)C1. The Balaban J connectivity index is 2.02. The van der Waals surface area contributed by atoms with Crippen LogP contribution in [0.1, 0.15) is 12.0 Å². The lowest BCUT2D eigenvalue weighted by Crippen LogP contribution is -2.25. The molecule has 1 heterocycles. The van der Waals surface area contributed by atoms with Crippen LogP contribution in [0.15, 0.2) is 30.3 Å². The third-order valence-electron chi connectivity index (χ3n) is 2.78. The lowest BCUT2D eigenvalue weighted by molar-refractivity contribution is -0.141. The summed E-state index contributed by atoms with van der Waals surface area (Å²) in [6, 6.07) is 9.59. The first kappa shape index (κ1) is 10.7. The minimum Gasteiger partial charge on any atom is -0.481 e. The van der Waals surface area contributed by atoms with Gasteiger partial charge in [-0.1, -0.05) is 30.3 Å². The summed E-state index contributed by atoms with van der Waals surface area (Å²) in [6.07, 6.45) is 0.127. The highest BCUT2D eigenvalue weighted by atomic mass is 16.4. The molecule has 1 fully saturated rings. The summed E-state index contributed by atoms with van der Waals surface area (Å²) < 4.78 is 0. The summed E-state index contributed by atoms with van der Waals surface area (Å²) in [4.78, 5) is 23.9. The molecule has 1 saturated heterocycles. The van der Waals surface area contributed by atoms with Gasteiger partial charge < -0.3 is 10.0 Å². The quantitative estimate of drug-likeness (QED) is 0.828. The van der Waals surface area contributed by atoms with Crippen molar-refractivity contribution in [3.63, 3.8) is 0 Å². The van der Waals surface area contributed by atoms with Crippen molar-refractivity contribution in [2.45, 2.75) is 13.0 Å². The second-order valence-electron chi connectivity index (χ2n) is 4.00. The number of aliphatic carboxylic acids is 1. The molecule has 1 atom stereocenters. The van der Waals surface area contributed by atoms with Crippen molar-refractivity contribution in [1.29, 1.82) is 0 Å². The molecule has 1 aromatic carbocycles. The lowest BCUT2D eigenvalue weighted by Gasteiger charge is -2.15. The minimum absolute atomic E-state index is 0.0729. The molecular weight excluding hydrogens is 206 g/mol. The van der Waals surface area contributed by atoms with Crippen molar-refractivity contribution in [2.75, 3.05) is 6.54 Å². The maximum atomic E-state index is 11.6. The average Bonchev–Trinajstić information content (AvgIpc) is 2.62. The van der Waals surface area contributed by atoms with Gasteiger partial charge in [-0.3, -0.25) is 9.59 Å². The molecule has 4 nitrogen and oxygen atoms in total. The zero-order valence-corrected chi connectivity index (χ0v) is 8.80. The Morgan fingerprint density at radius 2 is 2.06 bits per heavy atom. The monoisotopic (exact) mass is 219 g/mol. The Morgan fingerprint density at radius 1 is 1.38 bits per heavy atom. The highest BCUT2D eigenvalue weighted by Crippen LogP contribution is 2.20. The van der Waals surface area contributed by atoms with Gasteiger partial charge in [-0.05, 0) is 5.56 Å². The van der Waals surface area contributed by atoms with Gasteiger partial charge in [0.25, 0.3) is 0 Å². The molecule has 16 heavy (non-hydrogen) atoms. The maximum Gasteiger partial charge on any atom is 0.308 e. The Hall–Kier alpha value is -1.84. The summed E-state index contributed by atoms with van der Waals surface area (Å²) in [7, 11) is 0. The van der Waals surface area contributed by atoms with E-state index in [1.165, 1.54) is 0 Å². The molecule has 0 spiro atoms. The summed E-state index contributed by atoms with van der Waals surface area (Å²) in [5.74, 6) is -1.50. The maximum absolute atomic E-state index is 11.6. The molecule has 0 aliphatic carbocycles. The van der Waals surface area contributed by atoms with Crippen molar-refractivity contribution in [1.82, 2.24) is 4.90 Å². The number of amides is 1. The summed E-state index contributed by atoms with van der Waals surface area (Å²) in [5, 5.41) is 8.84. The summed E-state index contributed by atoms with van der Waals surface area (Å²) in [6.45, 7) is 0.826. The van der Waals surface area contributed by atoms with Crippen LogP contribution in [-0.2, 0) is 16.1 Å². The van der Waals surface area contributed by atoms with E-state index in [0.29, 0.717) is 13.1 Å². The molecule has 1 aliphatic rings. The second-order valence-corrected chi connectivity index (χ2v) is 4.00. The van der Waals surface area contributed by atoms with Gasteiger partial charge in [0, 0.05) is 19.5 Å². The van der Waals surface area contributed by atoms with Crippen LogP contribution in [0.4, 0.5) is 0 Å². The van der Waals surface area contributed by atoms with Gasteiger partial charge in [-0.25, -0.2) is 0 Å². The van der Waals surface area contributed by atoms with Crippen molar-refractivity contribution in [3.05, 3.63) is 35.9 Å². The number of benzene rings is 1. The van der Waals surface area contributed by atoms with Gasteiger partial charge in [0.1, 0.15) is 0 Å². The van der Waals surface area contributed by atoms with Crippen LogP contribution in [0.25, 0.3) is 0 Å². The summed E-state index contributed by atoms with van der Waals surface area (Å²) >= 11 is 0. The third kappa shape index (κ3) is 2.21. The highest BCUT2D eigenvalue weighted by molar-refractivity contribution is 5.86. The standard InChI is InChI=1S/C12H13NO3/c14-11-6-10(12(15)16)8-13(11)7-9-4-2-1-3-5-9/h1-5,10H,6-8H2,(H,15,16)/t10-/m0/s1. The molecule has 0 bridgehead atoms. The zero-order valence-electron chi connectivity index (χ0n) is 8.80. The molecule has 0 unspecified atom stereocenters. The smallest absolute Gasteiger partial charge is 0.308 e. The molecule has 0 saturated carbocycles. The van der Waals surface area contributed by atoms with E-state index in [-0.39, 0.29) is 12.3 Å². The number of hydrogen-bond acceptors (Lipinski definition) is 2. The van der Waals surface area contributed by atoms with Gasteiger partial charge in [0.2, 0.25) is 5.91 Å². The van der Waals surface area contributed by atoms with Crippen molar-refractivity contribution in [2.24, 2.45) is 5.92 Å². The van der Waals surface area contributed by atoms with E-state index in [4.69, 9.17) is 5.11 Å². The van der Waals surface area contributed by atoms with E-state index in [9.17, 15) is 9.59 Å². The Morgan fingerprint density at radius 3 is 2.62 bits per heavy atom. The van der Waals surface area contributed by atoms with E-state index in [0.717, 1.165) is 5.56 Å². The van der Waals surface area contributed by atoms with E-state index in [1.807, 2.05) is 30.3 Å². The molecule has 1 amide bonds. The molecule has 84 valence electrons. The zero-order chi connectivity index (χ0) is 11.5. The van der Waals surface area contributed by atoms with Crippen molar-refractivity contribution < 1.29 is 14.7 Å². The van der Waals surface area contributed by atoms with Crippen LogP contribution in [0, 0.1) is 5.92 Å². The van der Waals surface area contributed by atoms with E-state index in [1.54, 1.807) is 4.90 Å². The topological polar surface area (TPSA) is 57.6 Å². The number of carbonyl (C=O) groups excluding carboxylic acids is 1. The van der Waals surface area contributed by atoms with Gasteiger partial charge in [0.05, 0.1) is 5.92 Å². The second kappa shape index (κ2) is 4.35. The molecule has 1 aliphatic heterocycles. The Kier molecular flexibility index (Phi) is 2.90. The summed E-state index contributed by atoms with van der Waals surface area (Å²) in [5.41, 5.74) is 1.03. The first-order chi connectivity index (χ1) is 7.66. The van der Waals surface area contributed by atoms with Crippen LogP contribution in [-0.4, -0.2) is 28.4 Å².